The van der Waals surface area contributed by atoms with Gasteiger partial charge in [0.05, 0.1) is 17.3 Å². The molecule has 0 radical (unpaired) electrons. The van der Waals surface area contributed by atoms with Crippen LogP contribution in [0.4, 0.5) is 5.69 Å². The molecule has 34 heavy (non-hydrogen) atoms. The number of para-hydroxylation sites is 2. The molecule has 4 aromatic carbocycles. The molecule has 4 aromatic rings. The lowest BCUT2D eigenvalue weighted by molar-refractivity contribution is 0.102. The van der Waals surface area contributed by atoms with Gasteiger partial charge in [0, 0.05) is 20.9 Å². The van der Waals surface area contributed by atoms with Crippen molar-refractivity contribution < 1.29 is 14.3 Å². The van der Waals surface area contributed by atoms with Gasteiger partial charge in [-0.25, -0.2) is 0 Å². The largest absolute Gasteiger partial charge is 0.493 e. The normalized spacial score (nSPS) is 10.5. The fourth-order valence-electron chi connectivity index (χ4n) is 3.32. The molecular formula is C28H24ClNO3S. The third kappa shape index (κ3) is 6.13. The van der Waals surface area contributed by atoms with E-state index in [9.17, 15) is 4.79 Å². The van der Waals surface area contributed by atoms with Crippen molar-refractivity contribution in [2.75, 3.05) is 11.9 Å². The van der Waals surface area contributed by atoms with E-state index in [4.69, 9.17) is 21.1 Å². The first-order chi connectivity index (χ1) is 16.6. The Morgan fingerprint density at radius 3 is 2.38 bits per heavy atom. The second kappa shape index (κ2) is 11.6. The van der Waals surface area contributed by atoms with Gasteiger partial charge in [-0.15, -0.1) is 0 Å². The summed E-state index contributed by atoms with van der Waals surface area (Å²) >= 11 is 7.82. The number of anilines is 1. The maximum absolute atomic E-state index is 13.1. The quantitative estimate of drug-likeness (QED) is 0.261. The summed E-state index contributed by atoms with van der Waals surface area (Å²) in [5.41, 5.74) is 2.03. The van der Waals surface area contributed by atoms with E-state index in [2.05, 4.69) is 5.32 Å². The molecule has 0 heterocycles. The van der Waals surface area contributed by atoms with Gasteiger partial charge in [0.1, 0.15) is 18.1 Å². The third-order valence-electron chi connectivity index (χ3n) is 4.95. The van der Waals surface area contributed by atoms with Gasteiger partial charge in [-0.2, -0.15) is 0 Å². The molecule has 0 spiro atoms. The van der Waals surface area contributed by atoms with E-state index < -0.39 is 0 Å². The first kappa shape index (κ1) is 23.7. The summed E-state index contributed by atoms with van der Waals surface area (Å²) < 4.78 is 11.6. The van der Waals surface area contributed by atoms with Crippen molar-refractivity contribution in [3.05, 3.63) is 113 Å². The summed E-state index contributed by atoms with van der Waals surface area (Å²) in [4.78, 5) is 15.2. The lowest BCUT2D eigenvalue weighted by Gasteiger charge is -2.15. The number of rotatable bonds is 9. The molecule has 4 nitrogen and oxygen atoms in total. The third-order valence-corrected chi connectivity index (χ3v) is 6.34. The van der Waals surface area contributed by atoms with E-state index >= 15 is 0 Å². The summed E-state index contributed by atoms with van der Waals surface area (Å²) in [7, 11) is 0. The Hall–Kier alpha value is -3.41. The zero-order chi connectivity index (χ0) is 23.8. The molecule has 0 aliphatic heterocycles. The van der Waals surface area contributed by atoms with Gasteiger partial charge in [-0.3, -0.25) is 4.79 Å². The van der Waals surface area contributed by atoms with Gasteiger partial charge in [0.2, 0.25) is 0 Å². The van der Waals surface area contributed by atoms with Crippen LogP contribution in [0.1, 0.15) is 22.8 Å². The zero-order valence-electron chi connectivity index (χ0n) is 18.7. The Kier molecular flexibility index (Phi) is 8.12. The van der Waals surface area contributed by atoms with Crippen LogP contribution in [0.15, 0.2) is 107 Å². The van der Waals surface area contributed by atoms with Crippen LogP contribution in [-0.2, 0) is 6.61 Å². The zero-order valence-corrected chi connectivity index (χ0v) is 20.2. The molecule has 0 bridgehead atoms. The fourth-order valence-corrected chi connectivity index (χ4v) is 4.43. The Balaban J connectivity index is 1.53. The van der Waals surface area contributed by atoms with Crippen LogP contribution in [0.2, 0.25) is 5.02 Å². The van der Waals surface area contributed by atoms with Gasteiger partial charge in [-0.05, 0) is 61.5 Å². The number of amides is 1. The Bertz CT molecular complexity index is 1260. The second-order valence-electron chi connectivity index (χ2n) is 7.34. The van der Waals surface area contributed by atoms with E-state index in [1.54, 1.807) is 42.1 Å². The topological polar surface area (TPSA) is 47.6 Å². The van der Waals surface area contributed by atoms with Gasteiger partial charge in [-0.1, -0.05) is 65.8 Å². The van der Waals surface area contributed by atoms with Crippen molar-refractivity contribution in [2.24, 2.45) is 0 Å². The van der Waals surface area contributed by atoms with Crippen LogP contribution in [0.3, 0.4) is 0 Å². The first-order valence-electron chi connectivity index (χ1n) is 10.9. The molecule has 1 N–H and O–H groups in total. The van der Waals surface area contributed by atoms with Gasteiger partial charge < -0.3 is 14.8 Å². The molecule has 4 rings (SSSR count). The van der Waals surface area contributed by atoms with Crippen LogP contribution < -0.4 is 14.8 Å². The number of hydrogen-bond acceptors (Lipinski definition) is 4. The Morgan fingerprint density at radius 1 is 0.853 bits per heavy atom. The smallest absolute Gasteiger partial charge is 0.255 e. The lowest BCUT2D eigenvalue weighted by Crippen LogP contribution is -2.13. The van der Waals surface area contributed by atoms with Gasteiger partial charge >= 0.3 is 0 Å². The van der Waals surface area contributed by atoms with Crippen molar-refractivity contribution in [3.8, 4) is 11.5 Å². The minimum atomic E-state index is -0.205. The van der Waals surface area contributed by atoms with Gasteiger partial charge in [0.25, 0.3) is 5.91 Å². The van der Waals surface area contributed by atoms with Crippen LogP contribution >= 0.6 is 23.4 Å². The molecule has 1 amide bonds. The average molecular weight is 490 g/mol. The van der Waals surface area contributed by atoms with Crippen LogP contribution in [0.25, 0.3) is 0 Å². The van der Waals surface area contributed by atoms with Crippen molar-refractivity contribution in [1.29, 1.82) is 0 Å². The molecule has 0 atom stereocenters. The number of hydrogen-bond donors (Lipinski definition) is 1. The van der Waals surface area contributed by atoms with Crippen LogP contribution in [-0.4, -0.2) is 12.5 Å². The van der Waals surface area contributed by atoms with E-state index in [-0.39, 0.29) is 12.5 Å². The first-order valence-corrected chi connectivity index (χ1v) is 12.1. The molecule has 0 saturated heterocycles. The molecule has 6 heteroatoms. The van der Waals surface area contributed by atoms with E-state index in [0.29, 0.717) is 28.7 Å². The van der Waals surface area contributed by atoms with Crippen LogP contribution in [0, 0.1) is 0 Å². The molecular weight excluding hydrogens is 466 g/mol. The van der Waals surface area contributed by atoms with E-state index in [1.165, 1.54) is 0 Å². The molecule has 0 aromatic heterocycles. The highest BCUT2D eigenvalue weighted by Gasteiger charge is 2.14. The standard InChI is InChI=1S/C28H24ClNO3S/c1-2-32-25-17-16-20(18-21(25)19-33-26-14-8-6-12-23(26)29)28(31)30-24-13-7-9-15-27(24)34-22-10-4-3-5-11-22/h3-18H,2,19H2,1H3,(H,30,31). The predicted molar refractivity (Wildman–Crippen MR) is 138 cm³/mol. The molecule has 0 unspecified atom stereocenters. The number of carbonyl (C=O) groups is 1. The molecule has 0 aliphatic rings. The molecule has 0 saturated carbocycles. The van der Waals surface area contributed by atoms with Crippen molar-refractivity contribution in [3.63, 3.8) is 0 Å². The number of benzene rings is 4. The number of halogens is 1. The maximum Gasteiger partial charge on any atom is 0.255 e. The summed E-state index contributed by atoms with van der Waals surface area (Å²) in [6, 6.07) is 30.5. The van der Waals surface area contributed by atoms with Gasteiger partial charge in [0.15, 0.2) is 0 Å². The van der Waals surface area contributed by atoms with Crippen LogP contribution in [0.5, 0.6) is 11.5 Å². The lowest BCUT2D eigenvalue weighted by atomic mass is 10.1. The summed E-state index contributed by atoms with van der Waals surface area (Å²) in [6.07, 6.45) is 0. The predicted octanol–water partition coefficient (Wildman–Crippen LogP) is 7.72. The SMILES string of the molecule is CCOc1ccc(C(=O)Nc2ccccc2Sc2ccccc2)cc1COc1ccccc1Cl. The minimum absolute atomic E-state index is 0.205. The molecule has 172 valence electrons. The monoisotopic (exact) mass is 489 g/mol. The Morgan fingerprint density at radius 2 is 1.59 bits per heavy atom. The Labute approximate surface area is 208 Å². The summed E-state index contributed by atoms with van der Waals surface area (Å²) in [6.45, 7) is 2.65. The van der Waals surface area contributed by atoms with Crippen molar-refractivity contribution in [2.45, 2.75) is 23.3 Å². The summed E-state index contributed by atoms with van der Waals surface area (Å²) in [5, 5.41) is 3.58. The second-order valence-corrected chi connectivity index (χ2v) is 8.86. The van der Waals surface area contributed by atoms with Crippen molar-refractivity contribution in [1.82, 2.24) is 0 Å². The highest BCUT2D eigenvalue weighted by molar-refractivity contribution is 7.99. The molecule has 0 fully saturated rings. The average Bonchev–Trinajstić information content (AvgIpc) is 2.86. The van der Waals surface area contributed by atoms with E-state index in [0.717, 1.165) is 21.0 Å². The minimum Gasteiger partial charge on any atom is -0.493 e. The molecule has 0 aliphatic carbocycles. The highest BCUT2D eigenvalue weighted by atomic mass is 35.5. The fraction of sp³-hybridized carbons (Fsp3) is 0.107. The number of nitrogens with one attached hydrogen (secondary N) is 1. The maximum atomic E-state index is 13.1. The number of ether oxygens (including phenoxy) is 2. The van der Waals surface area contributed by atoms with Crippen molar-refractivity contribution >= 4 is 35.0 Å². The number of carbonyl (C=O) groups excluding carboxylic acids is 1. The summed E-state index contributed by atoms with van der Waals surface area (Å²) in [5.74, 6) is 1.04. The van der Waals surface area contributed by atoms with E-state index in [1.807, 2.05) is 73.7 Å². The highest BCUT2D eigenvalue weighted by Crippen LogP contribution is 2.33.